The van der Waals surface area contributed by atoms with Gasteiger partial charge in [0, 0.05) is 18.5 Å². The molecular weight excluding hydrogens is 267 g/mol. The third-order valence-corrected chi connectivity index (χ3v) is 5.13. The third kappa shape index (κ3) is 2.26. The summed E-state index contributed by atoms with van der Waals surface area (Å²) in [6.45, 7) is 6.38. The molecule has 0 aliphatic carbocycles. The average Bonchev–Trinajstić information content (AvgIpc) is 2.74. The molecule has 0 saturated carbocycles. The van der Waals surface area contributed by atoms with Crippen molar-refractivity contribution in [3.8, 4) is 0 Å². The molecule has 1 amide bonds. The molecule has 4 heteroatoms. The fourth-order valence-corrected chi connectivity index (χ4v) is 3.92. The molecule has 3 rings (SSSR count). The van der Waals surface area contributed by atoms with E-state index < -0.39 is 5.41 Å². The molecule has 1 unspecified atom stereocenters. The van der Waals surface area contributed by atoms with Crippen molar-refractivity contribution in [2.24, 2.45) is 5.41 Å². The smallest absolute Gasteiger partial charge is 0.229 e. The Morgan fingerprint density at radius 3 is 2.57 bits per heavy atom. The van der Waals surface area contributed by atoms with Crippen molar-refractivity contribution in [2.75, 3.05) is 19.6 Å². The Kier molecular flexibility index (Phi) is 3.74. The summed E-state index contributed by atoms with van der Waals surface area (Å²) in [5.74, 6) is 0.00164. The van der Waals surface area contributed by atoms with Crippen LogP contribution >= 0.6 is 0 Å². The number of halogens is 1. The molecule has 2 saturated heterocycles. The first-order valence-corrected chi connectivity index (χ1v) is 7.82. The number of hydrogen-bond donors (Lipinski definition) is 1. The molecule has 21 heavy (non-hydrogen) atoms. The number of rotatable bonds is 2. The predicted octanol–water partition coefficient (Wildman–Crippen LogP) is 2.53. The first-order chi connectivity index (χ1) is 10.1. The Morgan fingerprint density at radius 2 is 1.95 bits per heavy atom. The van der Waals surface area contributed by atoms with Gasteiger partial charge in [0.15, 0.2) is 0 Å². The molecule has 2 aliphatic rings. The maximum Gasteiger partial charge on any atom is 0.229 e. The van der Waals surface area contributed by atoms with Crippen LogP contribution in [-0.2, 0) is 4.79 Å². The Balaban J connectivity index is 2.04. The molecule has 1 N–H and O–H groups in total. The highest BCUT2D eigenvalue weighted by Gasteiger charge is 2.55. The normalized spacial score (nSPS) is 25.0. The summed E-state index contributed by atoms with van der Waals surface area (Å²) in [4.78, 5) is 14.9. The summed E-state index contributed by atoms with van der Waals surface area (Å²) >= 11 is 0. The van der Waals surface area contributed by atoms with Gasteiger partial charge in [0.2, 0.25) is 5.91 Å². The quantitative estimate of drug-likeness (QED) is 0.908. The van der Waals surface area contributed by atoms with E-state index in [4.69, 9.17) is 0 Å². The van der Waals surface area contributed by atoms with E-state index in [1.807, 2.05) is 30.9 Å². The molecule has 0 radical (unpaired) electrons. The van der Waals surface area contributed by atoms with Crippen molar-refractivity contribution in [1.29, 1.82) is 0 Å². The molecule has 1 atom stereocenters. The Labute approximate surface area is 125 Å². The van der Waals surface area contributed by atoms with Crippen LogP contribution in [0.2, 0.25) is 0 Å². The highest BCUT2D eigenvalue weighted by Crippen LogP contribution is 2.50. The van der Waals surface area contributed by atoms with Crippen molar-refractivity contribution in [3.05, 3.63) is 35.6 Å². The van der Waals surface area contributed by atoms with Crippen LogP contribution in [0.15, 0.2) is 24.3 Å². The Morgan fingerprint density at radius 1 is 1.29 bits per heavy atom. The zero-order valence-corrected chi connectivity index (χ0v) is 12.7. The first-order valence-electron chi connectivity index (χ1n) is 7.82. The lowest BCUT2D eigenvalue weighted by atomic mass is 9.68. The largest absolute Gasteiger partial charge is 0.339 e. The molecule has 1 aromatic carbocycles. The van der Waals surface area contributed by atoms with E-state index in [-0.39, 0.29) is 23.7 Å². The van der Waals surface area contributed by atoms with Gasteiger partial charge in [-0.1, -0.05) is 18.2 Å². The molecule has 0 aromatic heterocycles. The van der Waals surface area contributed by atoms with Gasteiger partial charge < -0.3 is 10.2 Å². The maximum absolute atomic E-state index is 14.3. The molecule has 114 valence electrons. The second kappa shape index (κ2) is 5.41. The van der Waals surface area contributed by atoms with Gasteiger partial charge in [0.05, 0.1) is 5.41 Å². The highest BCUT2D eigenvalue weighted by atomic mass is 19.1. The van der Waals surface area contributed by atoms with E-state index in [1.54, 1.807) is 6.07 Å². The first kappa shape index (κ1) is 14.5. The summed E-state index contributed by atoms with van der Waals surface area (Å²) in [5, 5.41) is 3.32. The highest BCUT2D eigenvalue weighted by molar-refractivity contribution is 5.87. The number of nitrogens with one attached hydrogen (secondary N) is 1. The van der Waals surface area contributed by atoms with E-state index >= 15 is 0 Å². The summed E-state index contributed by atoms with van der Waals surface area (Å²) in [6, 6.07) is 7.11. The number of amides is 1. The van der Waals surface area contributed by atoms with Gasteiger partial charge in [-0.15, -0.1) is 0 Å². The number of carbonyl (C=O) groups excluding carboxylic acids is 1. The van der Waals surface area contributed by atoms with Crippen LogP contribution in [0, 0.1) is 11.2 Å². The number of nitrogens with zero attached hydrogens (tertiary/aromatic N) is 1. The van der Waals surface area contributed by atoms with Crippen LogP contribution in [0.4, 0.5) is 4.39 Å². The molecular formula is C17H23FN2O. The van der Waals surface area contributed by atoms with Crippen molar-refractivity contribution in [2.45, 2.75) is 38.6 Å². The van der Waals surface area contributed by atoms with Crippen LogP contribution < -0.4 is 5.32 Å². The number of benzene rings is 1. The molecule has 0 bridgehead atoms. The topological polar surface area (TPSA) is 32.3 Å². The van der Waals surface area contributed by atoms with E-state index in [9.17, 15) is 9.18 Å². The minimum atomic E-state index is -0.419. The van der Waals surface area contributed by atoms with Gasteiger partial charge in [-0.25, -0.2) is 4.39 Å². The summed E-state index contributed by atoms with van der Waals surface area (Å²) in [5.41, 5.74) is 0.286. The lowest BCUT2D eigenvalue weighted by molar-refractivity contribution is -0.139. The second-order valence-corrected chi connectivity index (χ2v) is 6.53. The van der Waals surface area contributed by atoms with Crippen LogP contribution in [0.25, 0.3) is 0 Å². The lowest BCUT2D eigenvalue weighted by Gasteiger charge is -2.37. The van der Waals surface area contributed by atoms with Gasteiger partial charge in [-0.05, 0) is 51.4 Å². The van der Waals surface area contributed by atoms with E-state index in [1.165, 1.54) is 6.07 Å². The number of likely N-dealkylation sites (tertiary alicyclic amines) is 1. The standard InChI is InChI=1S/C17H23FN2O/c1-12(2)20-11-14(13-5-3-4-6-15(13)18)17(16(20)21)7-9-19-10-8-17/h3-6,12,14,19H,7-11H2,1-2H3. The fraction of sp³-hybridized carbons (Fsp3) is 0.588. The molecule has 2 fully saturated rings. The Bertz CT molecular complexity index is 537. The molecule has 1 aromatic rings. The summed E-state index contributed by atoms with van der Waals surface area (Å²) in [6.07, 6.45) is 1.60. The van der Waals surface area contributed by atoms with Gasteiger partial charge in [0.25, 0.3) is 0 Å². The number of piperidine rings is 1. The summed E-state index contributed by atoms with van der Waals surface area (Å²) in [7, 11) is 0. The second-order valence-electron chi connectivity index (χ2n) is 6.53. The molecule has 2 aliphatic heterocycles. The van der Waals surface area contributed by atoms with Crippen LogP contribution in [-0.4, -0.2) is 36.5 Å². The number of hydrogen-bond acceptors (Lipinski definition) is 2. The van der Waals surface area contributed by atoms with Gasteiger partial charge in [0.1, 0.15) is 5.82 Å². The minimum absolute atomic E-state index is 0.0318. The van der Waals surface area contributed by atoms with Crippen molar-refractivity contribution >= 4 is 5.91 Å². The van der Waals surface area contributed by atoms with E-state index in [2.05, 4.69) is 5.32 Å². The summed E-state index contributed by atoms with van der Waals surface area (Å²) < 4.78 is 14.3. The van der Waals surface area contributed by atoms with Crippen molar-refractivity contribution in [1.82, 2.24) is 10.2 Å². The van der Waals surface area contributed by atoms with Crippen molar-refractivity contribution in [3.63, 3.8) is 0 Å². The van der Waals surface area contributed by atoms with Crippen LogP contribution in [0.3, 0.4) is 0 Å². The average molecular weight is 290 g/mol. The van der Waals surface area contributed by atoms with Gasteiger partial charge >= 0.3 is 0 Å². The zero-order chi connectivity index (χ0) is 15.0. The minimum Gasteiger partial charge on any atom is -0.339 e. The van der Waals surface area contributed by atoms with Crippen molar-refractivity contribution < 1.29 is 9.18 Å². The predicted molar refractivity (Wildman–Crippen MR) is 80.5 cm³/mol. The molecule has 1 spiro atoms. The van der Waals surface area contributed by atoms with E-state index in [0.717, 1.165) is 25.9 Å². The number of carbonyl (C=O) groups is 1. The molecule has 2 heterocycles. The third-order valence-electron chi connectivity index (χ3n) is 5.13. The van der Waals surface area contributed by atoms with Crippen LogP contribution in [0.1, 0.15) is 38.2 Å². The monoisotopic (exact) mass is 290 g/mol. The maximum atomic E-state index is 14.3. The van der Waals surface area contributed by atoms with E-state index in [0.29, 0.717) is 12.1 Å². The SMILES string of the molecule is CC(C)N1CC(c2ccccc2F)C2(CCNCC2)C1=O. The molecule has 3 nitrogen and oxygen atoms in total. The van der Waals surface area contributed by atoms with Gasteiger partial charge in [-0.3, -0.25) is 4.79 Å². The fourth-order valence-electron chi connectivity index (χ4n) is 3.92. The Hall–Kier alpha value is -1.42. The lowest BCUT2D eigenvalue weighted by Crippen LogP contribution is -2.45. The van der Waals surface area contributed by atoms with Crippen LogP contribution in [0.5, 0.6) is 0 Å². The zero-order valence-electron chi connectivity index (χ0n) is 12.7. The van der Waals surface area contributed by atoms with Gasteiger partial charge in [-0.2, -0.15) is 0 Å².